The molecule has 0 bridgehead atoms. The van der Waals surface area contributed by atoms with E-state index >= 15 is 0 Å². The molecule has 0 spiro atoms. The van der Waals surface area contributed by atoms with Crippen LogP contribution in [0.1, 0.15) is 16.4 Å². The number of benzene rings is 2. The van der Waals surface area contributed by atoms with Crippen LogP contribution in [0.3, 0.4) is 0 Å². The van der Waals surface area contributed by atoms with Gasteiger partial charge in [0.25, 0.3) is 0 Å². The van der Waals surface area contributed by atoms with Crippen LogP contribution in [0.25, 0.3) is 0 Å². The molecule has 7 heteroatoms. The van der Waals surface area contributed by atoms with E-state index in [1.165, 1.54) is 11.8 Å². The summed E-state index contributed by atoms with van der Waals surface area (Å²) in [7, 11) is 0. The Bertz CT molecular complexity index is 713. The van der Waals surface area contributed by atoms with Crippen LogP contribution in [0.15, 0.2) is 42.5 Å². The molecule has 0 radical (unpaired) electrons. The van der Waals surface area contributed by atoms with Crippen molar-refractivity contribution < 1.29 is 9.90 Å². The van der Waals surface area contributed by atoms with Crippen molar-refractivity contribution in [3.8, 4) is 0 Å². The maximum absolute atomic E-state index is 11.9. The van der Waals surface area contributed by atoms with Gasteiger partial charge in [0.15, 0.2) is 0 Å². The van der Waals surface area contributed by atoms with Crippen LogP contribution in [0.4, 0.5) is 5.69 Å². The first-order valence-corrected chi connectivity index (χ1v) is 9.12. The van der Waals surface area contributed by atoms with Crippen LogP contribution in [-0.4, -0.2) is 29.9 Å². The molecule has 1 unspecified atom stereocenters. The Labute approximate surface area is 155 Å². The summed E-state index contributed by atoms with van der Waals surface area (Å²) in [6.45, 7) is 0.140. The zero-order valence-corrected chi connectivity index (χ0v) is 15.2. The van der Waals surface area contributed by atoms with Crippen molar-refractivity contribution in [1.29, 1.82) is 0 Å². The van der Waals surface area contributed by atoms with E-state index in [4.69, 9.17) is 34.0 Å². The molecule has 0 aliphatic carbocycles. The van der Waals surface area contributed by atoms with E-state index < -0.39 is 0 Å². The van der Waals surface area contributed by atoms with Crippen molar-refractivity contribution in [3.05, 3.63) is 63.6 Å². The minimum absolute atomic E-state index is 0.0917. The monoisotopic (exact) mass is 384 g/mol. The highest BCUT2D eigenvalue weighted by Crippen LogP contribution is 2.42. The number of aliphatic hydroxyl groups excluding tert-OH is 1. The van der Waals surface area contributed by atoms with Crippen molar-refractivity contribution in [2.24, 2.45) is 0 Å². The lowest BCUT2D eigenvalue weighted by Crippen LogP contribution is -2.28. The van der Waals surface area contributed by atoms with Gasteiger partial charge in [-0.25, -0.2) is 0 Å². The van der Waals surface area contributed by atoms with Gasteiger partial charge < -0.3 is 16.2 Å². The second-order valence-electron chi connectivity index (χ2n) is 5.06. The first-order chi connectivity index (χ1) is 11.5. The van der Waals surface area contributed by atoms with E-state index in [0.717, 1.165) is 11.1 Å². The normalized spacial score (nSPS) is 12.0. The predicted octanol–water partition coefficient (Wildman–Crippen LogP) is 3.51. The molecule has 128 valence electrons. The molecule has 4 nitrogen and oxygen atoms in total. The molecule has 0 aromatic heterocycles. The third-order valence-electron chi connectivity index (χ3n) is 3.33. The molecule has 1 atom stereocenters. The minimum atomic E-state index is -0.225. The van der Waals surface area contributed by atoms with Gasteiger partial charge in [-0.2, -0.15) is 0 Å². The zero-order chi connectivity index (χ0) is 17.5. The van der Waals surface area contributed by atoms with Crippen molar-refractivity contribution >= 4 is 46.6 Å². The third kappa shape index (κ3) is 5.05. The number of hydrogen-bond donors (Lipinski definition) is 3. The van der Waals surface area contributed by atoms with E-state index in [-0.39, 0.29) is 30.1 Å². The average molecular weight is 385 g/mol. The van der Waals surface area contributed by atoms with Gasteiger partial charge in [0.05, 0.1) is 17.6 Å². The van der Waals surface area contributed by atoms with E-state index in [1.54, 1.807) is 24.3 Å². The molecular formula is C17H18Cl2N2O2S. The van der Waals surface area contributed by atoms with Crippen LogP contribution >= 0.6 is 35.0 Å². The van der Waals surface area contributed by atoms with Gasteiger partial charge in [-0.05, 0) is 35.4 Å². The van der Waals surface area contributed by atoms with Crippen molar-refractivity contribution in [2.45, 2.75) is 5.25 Å². The van der Waals surface area contributed by atoms with Gasteiger partial charge in [-0.1, -0.05) is 41.4 Å². The molecule has 2 rings (SSSR count). The number of aliphatic hydroxyl groups is 1. The Morgan fingerprint density at radius 3 is 2.67 bits per heavy atom. The summed E-state index contributed by atoms with van der Waals surface area (Å²) in [6, 6.07) is 12.7. The maximum atomic E-state index is 11.9. The van der Waals surface area contributed by atoms with Crippen molar-refractivity contribution in [2.75, 3.05) is 24.6 Å². The van der Waals surface area contributed by atoms with E-state index in [2.05, 4.69) is 5.32 Å². The van der Waals surface area contributed by atoms with Gasteiger partial charge in [-0.15, -0.1) is 11.8 Å². The fourth-order valence-electron chi connectivity index (χ4n) is 2.21. The number of anilines is 1. The summed E-state index contributed by atoms with van der Waals surface area (Å²) in [5.74, 6) is 0.0497. The average Bonchev–Trinajstić information content (AvgIpc) is 2.57. The lowest BCUT2D eigenvalue weighted by molar-refractivity contribution is -0.118. The second-order valence-corrected chi connectivity index (χ2v) is 7.00. The Morgan fingerprint density at radius 1 is 1.21 bits per heavy atom. The number of nitrogen functional groups attached to an aromatic ring is 1. The summed E-state index contributed by atoms with van der Waals surface area (Å²) >= 11 is 13.9. The van der Waals surface area contributed by atoms with E-state index in [1.807, 2.05) is 18.2 Å². The predicted molar refractivity (Wildman–Crippen MR) is 102 cm³/mol. The van der Waals surface area contributed by atoms with Gasteiger partial charge in [-0.3, -0.25) is 4.79 Å². The molecule has 0 saturated carbocycles. The van der Waals surface area contributed by atoms with E-state index in [0.29, 0.717) is 15.7 Å². The first-order valence-electron chi connectivity index (χ1n) is 7.31. The van der Waals surface area contributed by atoms with Gasteiger partial charge in [0, 0.05) is 22.3 Å². The summed E-state index contributed by atoms with van der Waals surface area (Å²) in [5.41, 5.74) is 8.39. The number of amides is 1. The lowest BCUT2D eigenvalue weighted by atomic mass is 10.0. The van der Waals surface area contributed by atoms with Crippen LogP contribution in [0.5, 0.6) is 0 Å². The molecule has 2 aromatic carbocycles. The Balaban J connectivity index is 2.30. The smallest absolute Gasteiger partial charge is 0.230 e. The summed E-state index contributed by atoms with van der Waals surface area (Å²) in [6.07, 6.45) is 0. The van der Waals surface area contributed by atoms with Crippen LogP contribution in [0.2, 0.25) is 10.0 Å². The summed E-state index contributed by atoms with van der Waals surface area (Å²) in [5, 5.41) is 12.4. The molecule has 2 aromatic rings. The van der Waals surface area contributed by atoms with Gasteiger partial charge >= 0.3 is 0 Å². The summed E-state index contributed by atoms with van der Waals surface area (Å²) < 4.78 is 0. The third-order valence-corrected chi connectivity index (χ3v) is 5.18. The highest BCUT2D eigenvalue weighted by molar-refractivity contribution is 8.00. The number of carbonyl (C=O) groups is 1. The quantitative estimate of drug-likeness (QED) is 0.638. The molecule has 0 aliphatic rings. The standard InChI is InChI=1S/C17H18Cl2N2O2S/c18-11-5-6-15(20)13(9-11)17(12-3-1-2-4-14(12)19)24-10-16(23)21-7-8-22/h1-6,9,17,22H,7-8,10,20H2,(H,21,23). The van der Waals surface area contributed by atoms with Crippen molar-refractivity contribution in [3.63, 3.8) is 0 Å². The molecule has 0 aliphatic heterocycles. The highest BCUT2D eigenvalue weighted by atomic mass is 35.5. The maximum Gasteiger partial charge on any atom is 0.230 e. The lowest BCUT2D eigenvalue weighted by Gasteiger charge is -2.20. The first kappa shape index (κ1) is 18.9. The number of nitrogens with two attached hydrogens (primary N) is 1. The number of halogens is 2. The SMILES string of the molecule is Nc1ccc(Cl)cc1C(SCC(=O)NCCO)c1ccccc1Cl. The van der Waals surface area contributed by atoms with Crippen LogP contribution in [-0.2, 0) is 4.79 Å². The molecule has 24 heavy (non-hydrogen) atoms. The van der Waals surface area contributed by atoms with Crippen LogP contribution in [0, 0.1) is 0 Å². The molecule has 0 heterocycles. The van der Waals surface area contributed by atoms with Gasteiger partial charge in [0.2, 0.25) is 5.91 Å². The largest absolute Gasteiger partial charge is 0.398 e. The number of rotatable bonds is 7. The van der Waals surface area contributed by atoms with E-state index in [9.17, 15) is 4.79 Å². The number of nitrogens with one attached hydrogen (secondary N) is 1. The Morgan fingerprint density at radius 2 is 1.96 bits per heavy atom. The molecule has 1 amide bonds. The Hall–Kier alpha value is -1.40. The topological polar surface area (TPSA) is 75.4 Å². The van der Waals surface area contributed by atoms with Crippen molar-refractivity contribution in [1.82, 2.24) is 5.32 Å². The fourth-order valence-corrected chi connectivity index (χ4v) is 3.89. The molecule has 0 fully saturated rings. The fraction of sp³-hybridized carbons (Fsp3) is 0.235. The van der Waals surface area contributed by atoms with Gasteiger partial charge in [0.1, 0.15) is 0 Å². The number of hydrogen-bond acceptors (Lipinski definition) is 4. The molecular weight excluding hydrogens is 367 g/mol. The highest BCUT2D eigenvalue weighted by Gasteiger charge is 2.21. The summed E-state index contributed by atoms with van der Waals surface area (Å²) in [4.78, 5) is 11.9. The minimum Gasteiger partial charge on any atom is -0.398 e. The number of thioether (sulfide) groups is 1. The zero-order valence-electron chi connectivity index (χ0n) is 12.8. The molecule has 0 saturated heterocycles. The second kappa shape index (κ2) is 9.18. The Kier molecular flexibility index (Phi) is 7.24. The van der Waals surface area contributed by atoms with Crippen LogP contribution < -0.4 is 11.1 Å². The molecule has 4 N–H and O–H groups in total. The number of carbonyl (C=O) groups excluding carboxylic acids is 1.